The number of nitrogens with one attached hydrogen (secondary N) is 1. The van der Waals surface area contributed by atoms with Gasteiger partial charge in [0.1, 0.15) is 17.6 Å². The van der Waals surface area contributed by atoms with Crippen molar-refractivity contribution in [2.45, 2.75) is 24.3 Å². The second kappa shape index (κ2) is 11.0. The highest BCUT2D eigenvalue weighted by Gasteiger charge is 2.33. The van der Waals surface area contributed by atoms with Gasteiger partial charge in [-0.05, 0) is 24.6 Å². The first kappa shape index (κ1) is 22.1. The highest BCUT2D eigenvalue weighted by atomic mass is 32.2. The number of benzene rings is 2. The molecule has 0 aliphatic rings. The lowest BCUT2D eigenvalue weighted by atomic mass is 10.0. The van der Waals surface area contributed by atoms with Crippen molar-refractivity contribution in [1.82, 2.24) is 4.72 Å². The van der Waals surface area contributed by atoms with Crippen LogP contribution in [0.3, 0.4) is 0 Å². The molecule has 29 heavy (non-hydrogen) atoms. The minimum absolute atomic E-state index is 0.122. The summed E-state index contributed by atoms with van der Waals surface area (Å²) in [6.07, 6.45) is 1.07. The summed E-state index contributed by atoms with van der Waals surface area (Å²) >= 11 is 0. The smallest absolute Gasteiger partial charge is 0.441 e. The molecule has 0 amide bonds. The fourth-order valence-corrected chi connectivity index (χ4v) is 3.46. The molecule has 2 aromatic carbocycles. The van der Waals surface area contributed by atoms with Gasteiger partial charge in [-0.3, -0.25) is 4.79 Å². The summed E-state index contributed by atoms with van der Waals surface area (Å²) in [5.41, 5.74) is 10.1. The van der Waals surface area contributed by atoms with Crippen molar-refractivity contribution in [3.63, 3.8) is 0 Å². The van der Waals surface area contributed by atoms with Gasteiger partial charge >= 0.3 is 11.7 Å². The number of nitrogens with zero attached hydrogens (tertiary/aromatic N) is 2. The van der Waals surface area contributed by atoms with E-state index in [4.69, 9.17) is 10.3 Å². The number of hydrogen-bond acceptors (Lipinski definition) is 4. The van der Waals surface area contributed by atoms with Crippen molar-refractivity contribution in [2.24, 2.45) is 0 Å². The van der Waals surface area contributed by atoms with Crippen molar-refractivity contribution in [3.8, 4) is 0 Å². The second-order valence-electron chi connectivity index (χ2n) is 6.13. The van der Waals surface area contributed by atoms with Gasteiger partial charge in [0.25, 0.3) is 5.78 Å². The SMILES string of the molecule is C=CCOC(=O)C(=[N+]=[N-])C(=O)C[C@@H](NS(=O)c1ccc(C)cc1)c1ccccc1. The summed E-state index contributed by atoms with van der Waals surface area (Å²) in [7, 11) is -1.60. The Bertz CT molecular complexity index is 952. The number of aryl methyl sites for hydroxylation is 1. The van der Waals surface area contributed by atoms with Crippen molar-refractivity contribution < 1.29 is 23.3 Å². The number of hydrogen-bond donors (Lipinski definition) is 1. The maximum Gasteiger partial charge on any atom is 0.441 e. The molecule has 2 atom stereocenters. The standard InChI is InChI=1S/C21H21N3O4S/c1-3-13-28-21(26)20(23-22)19(25)14-18(16-7-5-4-6-8-16)24-29(27)17-11-9-15(2)10-12-17/h3-12,18,24H,1,13-14H2,2H3/t18-,29?/m1/s1. The minimum atomic E-state index is -1.60. The van der Waals surface area contributed by atoms with E-state index in [2.05, 4.69) is 16.1 Å². The van der Waals surface area contributed by atoms with Gasteiger partial charge in [-0.25, -0.2) is 13.7 Å². The largest absolute Gasteiger partial charge is 0.453 e. The van der Waals surface area contributed by atoms with E-state index in [9.17, 15) is 13.8 Å². The van der Waals surface area contributed by atoms with E-state index in [1.807, 2.05) is 25.1 Å². The third-order valence-electron chi connectivity index (χ3n) is 3.97. The van der Waals surface area contributed by atoms with Gasteiger partial charge in [-0.1, -0.05) is 60.7 Å². The Kier molecular flexibility index (Phi) is 8.36. The Hall–Kier alpha value is -3.19. The molecule has 0 aromatic heterocycles. The van der Waals surface area contributed by atoms with Crippen LogP contribution < -0.4 is 4.72 Å². The Labute approximate surface area is 171 Å². The molecule has 7 nitrogen and oxygen atoms in total. The lowest BCUT2D eigenvalue weighted by Crippen LogP contribution is -2.32. The maximum absolute atomic E-state index is 12.7. The van der Waals surface area contributed by atoms with Gasteiger partial charge in [0.15, 0.2) is 0 Å². The van der Waals surface area contributed by atoms with Gasteiger partial charge in [0.05, 0.1) is 10.9 Å². The first-order valence-corrected chi connectivity index (χ1v) is 9.94. The molecule has 0 bridgehead atoms. The highest BCUT2D eigenvalue weighted by molar-refractivity contribution is 7.83. The van der Waals surface area contributed by atoms with E-state index in [-0.39, 0.29) is 13.0 Å². The number of carbonyl (C=O) groups is 2. The molecule has 1 N–H and O–H groups in total. The van der Waals surface area contributed by atoms with Gasteiger partial charge in [0.2, 0.25) is 0 Å². The number of Topliss-reactive ketones (excluding diaryl/α,β-unsaturated/α-hetero) is 1. The highest BCUT2D eigenvalue weighted by Crippen LogP contribution is 2.20. The lowest BCUT2D eigenvalue weighted by Gasteiger charge is -2.17. The van der Waals surface area contributed by atoms with Crippen molar-refractivity contribution in [1.29, 1.82) is 0 Å². The summed E-state index contributed by atoms with van der Waals surface area (Å²) < 4.78 is 20.4. The average Bonchev–Trinajstić information content (AvgIpc) is 2.73. The van der Waals surface area contributed by atoms with Crippen molar-refractivity contribution in [3.05, 3.63) is 83.9 Å². The molecular weight excluding hydrogens is 390 g/mol. The van der Waals surface area contributed by atoms with Crippen LogP contribution in [-0.2, 0) is 25.3 Å². The van der Waals surface area contributed by atoms with Gasteiger partial charge in [-0.15, -0.1) is 0 Å². The monoisotopic (exact) mass is 411 g/mol. The first-order chi connectivity index (χ1) is 14.0. The van der Waals surface area contributed by atoms with Crippen LogP contribution in [0.4, 0.5) is 0 Å². The Morgan fingerprint density at radius 3 is 2.45 bits per heavy atom. The van der Waals surface area contributed by atoms with E-state index in [0.29, 0.717) is 10.5 Å². The number of rotatable bonds is 10. The van der Waals surface area contributed by atoms with Crippen LogP contribution in [0.1, 0.15) is 23.6 Å². The number of esters is 1. The lowest BCUT2D eigenvalue weighted by molar-refractivity contribution is -0.141. The molecule has 150 valence electrons. The summed E-state index contributed by atoms with van der Waals surface area (Å²) in [6.45, 7) is 5.21. The molecule has 0 aliphatic carbocycles. The van der Waals surface area contributed by atoms with E-state index in [0.717, 1.165) is 5.56 Å². The third-order valence-corrected chi connectivity index (χ3v) is 5.16. The molecule has 8 heteroatoms. The molecule has 0 heterocycles. The van der Waals surface area contributed by atoms with Crippen LogP contribution in [0.2, 0.25) is 0 Å². The average molecular weight is 411 g/mol. The molecule has 0 aliphatic heterocycles. The maximum atomic E-state index is 12.7. The van der Waals surface area contributed by atoms with Crippen LogP contribution in [0.25, 0.3) is 5.53 Å². The molecule has 0 saturated carbocycles. The molecule has 2 aromatic rings. The molecule has 0 fully saturated rings. The zero-order valence-corrected chi connectivity index (χ0v) is 16.7. The molecule has 1 unspecified atom stereocenters. The number of carbonyl (C=O) groups excluding carboxylic acids is 2. The Balaban J connectivity index is 2.22. The zero-order chi connectivity index (χ0) is 21.2. The summed E-state index contributed by atoms with van der Waals surface area (Å²) in [5, 5.41) is 0. The molecular formula is C21H21N3O4S. The fraction of sp³-hybridized carbons (Fsp3) is 0.190. The topological polar surface area (TPSA) is 109 Å². The number of ketones is 1. The van der Waals surface area contributed by atoms with Crippen LogP contribution in [0, 0.1) is 6.92 Å². The summed E-state index contributed by atoms with van der Waals surface area (Å²) in [6, 6.07) is 15.4. The van der Waals surface area contributed by atoms with Gasteiger partial charge in [0, 0.05) is 6.42 Å². The van der Waals surface area contributed by atoms with Crippen LogP contribution >= 0.6 is 0 Å². The van der Waals surface area contributed by atoms with Gasteiger partial charge < -0.3 is 10.3 Å². The van der Waals surface area contributed by atoms with E-state index in [1.165, 1.54) is 6.08 Å². The Morgan fingerprint density at radius 2 is 1.86 bits per heavy atom. The van der Waals surface area contributed by atoms with E-state index in [1.54, 1.807) is 36.4 Å². The normalized spacial score (nSPS) is 12.3. The van der Waals surface area contributed by atoms with E-state index < -0.39 is 34.5 Å². The zero-order valence-electron chi connectivity index (χ0n) is 15.9. The van der Waals surface area contributed by atoms with E-state index >= 15 is 0 Å². The third kappa shape index (κ3) is 6.43. The quantitative estimate of drug-likeness (QED) is 0.162. The van der Waals surface area contributed by atoms with Crippen LogP contribution in [0.5, 0.6) is 0 Å². The van der Waals surface area contributed by atoms with Crippen LogP contribution in [-0.4, -0.2) is 33.1 Å². The van der Waals surface area contributed by atoms with Crippen molar-refractivity contribution >= 4 is 28.4 Å². The second-order valence-corrected chi connectivity index (χ2v) is 7.37. The number of ether oxygens (including phenoxy) is 1. The fourth-order valence-electron chi connectivity index (χ4n) is 2.47. The summed E-state index contributed by atoms with van der Waals surface area (Å²) in [5.74, 6) is -1.80. The molecule has 0 radical (unpaired) electrons. The predicted molar refractivity (Wildman–Crippen MR) is 109 cm³/mol. The minimum Gasteiger partial charge on any atom is -0.453 e. The molecule has 0 saturated heterocycles. The predicted octanol–water partition coefficient (Wildman–Crippen LogP) is 2.71. The molecule has 0 spiro atoms. The van der Waals surface area contributed by atoms with Crippen molar-refractivity contribution in [2.75, 3.05) is 6.61 Å². The van der Waals surface area contributed by atoms with Crippen LogP contribution in [0.15, 0.2) is 72.1 Å². The Morgan fingerprint density at radius 1 is 1.21 bits per heavy atom. The first-order valence-electron chi connectivity index (χ1n) is 8.79. The summed E-state index contributed by atoms with van der Waals surface area (Å²) in [4.78, 5) is 27.8. The van der Waals surface area contributed by atoms with Gasteiger partial charge in [-0.2, -0.15) is 4.79 Å². The molecule has 2 rings (SSSR count).